The molecule has 0 saturated heterocycles. The summed E-state index contributed by atoms with van der Waals surface area (Å²) in [5.41, 5.74) is -0.215. The third-order valence-electron chi connectivity index (χ3n) is 3.27. The Morgan fingerprint density at radius 3 is 2.17 bits per heavy atom. The normalized spacial score (nSPS) is 12.5. The van der Waals surface area contributed by atoms with E-state index in [4.69, 9.17) is 0 Å². The molecular weight excluding hydrogens is 325 g/mol. The standard InChI is InChI=1S/C16H13F3N2O3/c17-16(18,19)12-3-1-10(2-4-12)9-13(15(23)24)21-14(22)11-5-7-20-8-6-11/h1-8,13H,9H2,(H,21,22)(H,23,24)/t13-/m0/s1. The van der Waals surface area contributed by atoms with Gasteiger partial charge in [-0.3, -0.25) is 9.78 Å². The summed E-state index contributed by atoms with van der Waals surface area (Å²) in [5.74, 6) is -1.88. The summed E-state index contributed by atoms with van der Waals surface area (Å²) in [6.07, 6.45) is -1.81. The maximum Gasteiger partial charge on any atom is 0.416 e. The Morgan fingerprint density at radius 2 is 1.67 bits per heavy atom. The van der Waals surface area contributed by atoms with E-state index < -0.39 is 29.7 Å². The van der Waals surface area contributed by atoms with Crippen LogP contribution in [-0.2, 0) is 17.4 Å². The monoisotopic (exact) mass is 338 g/mol. The van der Waals surface area contributed by atoms with Crippen molar-refractivity contribution in [3.8, 4) is 0 Å². The number of amides is 1. The predicted octanol–water partition coefficient (Wildman–Crippen LogP) is 2.53. The van der Waals surface area contributed by atoms with Crippen LogP contribution >= 0.6 is 0 Å². The first-order chi connectivity index (χ1) is 11.3. The van der Waals surface area contributed by atoms with Crippen molar-refractivity contribution in [2.45, 2.75) is 18.6 Å². The number of carbonyl (C=O) groups excluding carboxylic acids is 1. The van der Waals surface area contributed by atoms with Crippen LogP contribution in [0.4, 0.5) is 13.2 Å². The Kier molecular flexibility index (Phi) is 5.18. The van der Waals surface area contributed by atoms with Crippen molar-refractivity contribution in [3.63, 3.8) is 0 Å². The molecular formula is C16H13F3N2O3. The minimum absolute atomic E-state index is 0.135. The topological polar surface area (TPSA) is 79.3 Å². The molecule has 2 aromatic rings. The van der Waals surface area contributed by atoms with E-state index in [9.17, 15) is 27.9 Å². The summed E-state index contributed by atoms with van der Waals surface area (Å²) in [6.45, 7) is 0. The van der Waals surface area contributed by atoms with E-state index in [0.717, 1.165) is 12.1 Å². The van der Waals surface area contributed by atoms with Crippen LogP contribution in [-0.4, -0.2) is 28.0 Å². The van der Waals surface area contributed by atoms with Crippen molar-refractivity contribution in [3.05, 3.63) is 65.5 Å². The van der Waals surface area contributed by atoms with Crippen molar-refractivity contribution < 1.29 is 27.9 Å². The van der Waals surface area contributed by atoms with Gasteiger partial charge in [0, 0.05) is 24.4 Å². The molecule has 1 aromatic heterocycles. The number of aromatic nitrogens is 1. The Balaban J connectivity index is 2.09. The number of hydrogen-bond donors (Lipinski definition) is 2. The number of carboxylic acids is 1. The molecule has 5 nitrogen and oxygen atoms in total. The molecule has 1 atom stereocenters. The molecule has 1 aromatic carbocycles. The minimum Gasteiger partial charge on any atom is -0.480 e. The molecule has 0 fully saturated rings. The van der Waals surface area contributed by atoms with Gasteiger partial charge in [-0.15, -0.1) is 0 Å². The fourth-order valence-corrected chi connectivity index (χ4v) is 2.01. The van der Waals surface area contributed by atoms with Gasteiger partial charge in [0.25, 0.3) is 5.91 Å². The third-order valence-corrected chi connectivity index (χ3v) is 3.27. The largest absolute Gasteiger partial charge is 0.480 e. The first-order valence-electron chi connectivity index (χ1n) is 6.87. The second-order valence-corrected chi connectivity index (χ2v) is 5.00. The molecule has 1 heterocycles. The molecule has 1 amide bonds. The molecule has 0 spiro atoms. The van der Waals surface area contributed by atoms with Crippen LogP contribution in [0, 0.1) is 0 Å². The van der Waals surface area contributed by atoms with Crippen LogP contribution in [0.15, 0.2) is 48.8 Å². The molecule has 24 heavy (non-hydrogen) atoms. The van der Waals surface area contributed by atoms with Gasteiger partial charge in [-0.05, 0) is 29.8 Å². The second kappa shape index (κ2) is 7.12. The average Bonchev–Trinajstić information content (AvgIpc) is 2.54. The van der Waals surface area contributed by atoms with Gasteiger partial charge in [0.2, 0.25) is 0 Å². The maximum atomic E-state index is 12.5. The van der Waals surface area contributed by atoms with Gasteiger partial charge in [0.05, 0.1) is 5.56 Å². The minimum atomic E-state index is -4.46. The molecule has 0 bridgehead atoms. The number of alkyl halides is 3. The Hall–Kier alpha value is -2.90. The van der Waals surface area contributed by atoms with Gasteiger partial charge in [0.1, 0.15) is 6.04 Å². The number of nitrogens with zero attached hydrogens (tertiary/aromatic N) is 1. The molecule has 2 rings (SSSR count). The zero-order valence-corrected chi connectivity index (χ0v) is 12.2. The van der Waals surface area contributed by atoms with Gasteiger partial charge in [0.15, 0.2) is 0 Å². The van der Waals surface area contributed by atoms with Crippen LogP contribution in [0.2, 0.25) is 0 Å². The Morgan fingerprint density at radius 1 is 1.08 bits per heavy atom. The summed E-state index contributed by atoms with van der Waals surface area (Å²) in [6, 6.07) is 5.72. The highest BCUT2D eigenvalue weighted by atomic mass is 19.4. The highest BCUT2D eigenvalue weighted by molar-refractivity contribution is 5.96. The summed E-state index contributed by atoms with van der Waals surface area (Å²) in [7, 11) is 0. The van der Waals surface area contributed by atoms with Crippen molar-refractivity contribution in [1.29, 1.82) is 0 Å². The number of nitrogens with one attached hydrogen (secondary N) is 1. The summed E-state index contributed by atoms with van der Waals surface area (Å²) in [5, 5.41) is 11.5. The van der Waals surface area contributed by atoms with Crippen molar-refractivity contribution in [1.82, 2.24) is 10.3 Å². The number of carboxylic acid groups (broad SMARTS) is 1. The second-order valence-electron chi connectivity index (χ2n) is 5.00. The Labute approximate surface area is 135 Å². The first-order valence-corrected chi connectivity index (χ1v) is 6.87. The van der Waals surface area contributed by atoms with Gasteiger partial charge >= 0.3 is 12.1 Å². The van der Waals surface area contributed by atoms with E-state index in [-0.39, 0.29) is 12.0 Å². The molecule has 2 N–H and O–H groups in total. The highest BCUT2D eigenvalue weighted by Crippen LogP contribution is 2.29. The summed E-state index contributed by atoms with van der Waals surface area (Å²) >= 11 is 0. The zero-order valence-electron chi connectivity index (χ0n) is 12.2. The lowest BCUT2D eigenvalue weighted by Gasteiger charge is -2.15. The lowest BCUT2D eigenvalue weighted by atomic mass is 10.0. The summed E-state index contributed by atoms with van der Waals surface area (Å²) < 4.78 is 37.5. The lowest BCUT2D eigenvalue weighted by Crippen LogP contribution is -2.42. The lowest BCUT2D eigenvalue weighted by molar-refractivity contribution is -0.139. The van der Waals surface area contributed by atoms with E-state index in [1.54, 1.807) is 0 Å². The number of benzene rings is 1. The number of hydrogen-bond acceptors (Lipinski definition) is 3. The Bertz CT molecular complexity index is 716. The number of pyridine rings is 1. The van der Waals surface area contributed by atoms with Crippen LogP contribution < -0.4 is 5.32 Å². The quantitative estimate of drug-likeness (QED) is 0.878. The molecule has 0 unspecified atom stereocenters. The number of rotatable bonds is 5. The summed E-state index contributed by atoms with van der Waals surface area (Å²) in [4.78, 5) is 27.0. The van der Waals surface area contributed by atoms with Crippen LogP contribution in [0.25, 0.3) is 0 Å². The van der Waals surface area contributed by atoms with E-state index >= 15 is 0 Å². The van der Waals surface area contributed by atoms with E-state index in [2.05, 4.69) is 10.3 Å². The number of carbonyl (C=O) groups is 2. The molecule has 126 valence electrons. The van der Waals surface area contributed by atoms with Gasteiger partial charge in [-0.1, -0.05) is 12.1 Å². The molecule has 0 radical (unpaired) electrons. The maximum absolute atomic E-state index is 12.5. The number of aliphatic carboxylic acids is 1. The highest BCUT2D eigenvalue weighted by Gasteiger charge is 2.30. The smallest absolute Gasteiger partial charge is 0.416 e. The average molecular weight is 338 g/mol. The van der Waals surface area contributed by atoms with E-state index in [1.165, 1.54) is 36.7 Å². The first kappa shape index (κ1) is 17.5. The zero-order chi connectivity index (χ0) is 17.7. The van der Waals surface area contributed by atoms with Crippen LogP contribution in [0.5, 0.6) is 0 Å². The van der Waals surface area contributed by atoms with Crippen molar-refractivity contribution >= 4 is 11.9 Å². The number of halogens is 3. The molecule has 0 saturated carbocycles. The molecule has 8 heteroatoms. The SMILES string of the molecule is O=C(N[C@@H](Cc1ccc(C(F)(F)F)cc1)C(=O)O)c1ccncc1. The fraction of sp³-hybridized carbons (Fsp3) is 0.188. The van der Waals surface area contributed by atoms with Crippen LogP contribution in [0.1, 0.15) is 21.5 Å². The van der Waals surface area contributed by atoms with Gasteiger partial charge < -0.3 is 10.4 Å². The van der Waals surface area contributed by atoms with E-state index in [1.807, 2.05) is 0 Å². The van der Waals surface area contributed by atoms with Gasteiger partial charge in [-0.25, -0.2) is 4.79 Å². The molecule has 0 aliphatic rings. The fourth-order valence-electron chi connectivity index (χ4n) is 2.01. The van der Waals surface area contributed by atoms with Crippen molar-refractivity contribution in [2.75, 3.05) is 0 Å². The van der Waals surface area contributed by atoms with Crippen LogP contribution in [0.3, 0.4) is 0 Å². The third kappa shape index (κ3) is 4.55. The van der Waals surface area contributed by atoms with Gasteiger partial charge in [-0.2, -0.15) is 13.2 Å². The van der Waals surface area contributed by atoms with E-state index in [0.29, 0.717) is 5.56 Å². The molecule has 0 aliphatic carbocycles. The predicted molar refractivity (Wildman–Crippen MR) is 78.3 cm³/mol. The van der Waals surface area contributed by atoms with Crippen molar-refractivity contribution in [2.24, 2.45) is 0 Å². The molecule has 0 aliphatic heterocycles.